The Labute approximate surface area is 112 Å². The fourth-order valence-corrected chi connectivity index (χ4v) is 4.44. The Morgan fingerprint density at radius 2 is 2.05 bits per heavy atom. The van der Waals surface area contributed by atoms with Crippen molar-refractivity contribution in [1.29, 1.82) is 0 Å². The van der Waals surface area contributed by atoms with Gasteiger partial charge in [-0.05, 0) is 18.8 Å². The smallest absolute Gasteiger partial charge is 0.328 e. The van der Waals surface area contributed by atoms with Crippen LogP contribution in [0.5, 0.6) is 5.88 Å². The van der Waals surface area contributed by atoms with Gasteiger partial charge in [0, 0.05) is 6.04 Å². The van der Waals surface area contributed by atoms with E-state index in [2.05, 4.69) is 10.3 Å². The lowest BCUT2D eigenvalue weighted by molar-refractivity contribution is 0.269. The van der Waals surface area contributed by atoms with Crippen LogP contribution in [-0.4, -0.2) is 20.7 Å². The Hall–Kier alpha value is -1.23. The molecule has 4 rings (SSSR count). The number of aromatic nitrogens is 2. The summed E-state index contributed by atoms with van der Waals surface area (Å²) >= 11 is 0. The van der Waals surface area contributed by atoms with Gasteiger partial charge in [-0.25, -0.2) is 4.79 Å². The minimum atomic E-state index is -0.143. The zero-order valence-corrected chi connectivity index (χ0v) is 11.1. The first-order valence-electron chi connectivity index (χ1n) is 7.53. The van der Waals surface area contributed by atoms with E-state index in [1.54, 1.807) is 4.57 Å². The van der Waals surface area contributed by atoms with Gasteiger partial charge in [-0.3, -0.25) is 9.55 Å². The zero-order valence-electron chi connectivity index (χ0n) is 11.1. The van der Waals surface area contributed by atoms with Gasteiger partial charge < -0.3 is 10.4 Å². The number of rotatable bonds is 2. The number of imidazole rings is 1. The van der Waals surface area contributed by atoms with Gasteiger partial charge in [0.05, 0.1) is 12.1 Å². The first-order chi connectivity index (χ1) is 9.24. The molecule has 1 aromatic heterocycles. The van der Waals surface area contributed by atoms with Gasteiger partial charge in [-0.1, -0.05) is 32.1 Å². The third kappa shape index (κ3) is 1.67. The summed E-state index contributed by atoms with van der Waals surface area (Å²) < 4.78 is 1.80. The molecule has 1 saturated heterocycles. The van der Waals surface area contributed by atoms with Gasteiger partial charge in [0.2, 0.25) is 5.88 Å². The Bertz CT molecular complexity index is 541. The molecule has 0 spiro atoms. The molecule has 3 heterocycles. The van der Waals surface area contributed by atoms with E-state index in [1.807, 2.05) is 0 Å². The summed E-state index contributed by atoms with van der Waals surface area (Å²) in [4.78, 5) is 14.4. The lowest BCUT2D eigenvalue weighted by Gasteiger charge is -2.30. The van der Waals surface area contributed by atoms with Gasteiger partial charge >= 0.3 is 5.69 Å². The van der Waals surface area contributed by atoms with Crippen LogP contribution in [0.25, 0.3) is 0 Å². The summed E-state index contributed by atoms with van der Waals surface area (Å²) in [5, 5.41) is 13.4. The number of H-pyrrole nitrogens is 1. The molecule has 2 fully saturated rings. The quantitative estimate of drug-likeness (QED) is 0.762. The Kier molecular flexibility index (Phi) is 2.52. The molecule has 3 N–H and O–H groups in total. The molecule has 3 atom stereocenters. The van der Waals surface area contributed by atoms with Crippen molar-refractivity contribution in [1.82, 2.24) is 14.9 Å². The number of nitrogens with one attached hydrogen (secondary N) is 2. The minimum absolute atomic E-state index is 0.0566. The number of hydrogen-bond acceptors (Lipinski definition) is 3. The normalized spacial score (nSPS) is 33.8. The van der Waals surface area contributed by atoms with E-state index in [0.717, 1.165) is 18.0 Å². The van der Waals surface area contributed by atoms with Crippen LogP contribution in [0.4, 0.5) is 0 Å². The molecule has 19 heavy (non-hydrogen) atoms. The molecule has 2 aliphatic heterocycles. The van der Waals surface area contributed by atoms with Crippen LogP contribution in [0.15, 0.2) is 4.79 Å². The van der Waals surface area contributed by atoms with E-state index in [0.29, 0.717) is 6.04 Å². The largest absolute Gasteiger partial charge is 0.493 e. The summed E-state index contributed by atoms with van der Waals surface area (Å²) in [6.45, 7) is 0. The number of aromatic amines is 1. The third-order valence-corrected chi connectivity index (χ3v) is 5.28. The molecule has 1 aromatic rings. The second-order valence-corrected chi connectivity index (χ2v) is 6.40. The Balaban J connectivity index is 1.56. The highest BCUT2D eigenvalue weighted by molar-refractivity contribution is 5.30. The fraction of sp³-hybridized carbons (Fsp3) is 0.786. The van der Waals surface area contributed by atoms with Crippen molar-refractivity contribution in [3.63, 3.8) is 0 Å². The molecule has 1 saturated carbocycles. The van der Waals surface area contributed by atoms with Crippen LogP contribution < -0.4 is 11.0 Å². The van der Waals surface area contributed by atoms with E-state index in [9.17, 15) is 9.90 Å². The van der Waals surface area contributed by atoms with Crippen LogP contribution in [0.2, 0.25) is 0 Å². The first-order valence-corrected chi connectivity index (χ1v) is 7.53. The van der Waals surface area contributed by atoms with Crippen molar-refractivity contribution < 1.29 is 5.11 Å². The molecule has 2 bridgehead atoms. The number of hydrogen-bond donors (Lipinski definition) is 3. The fourth-order valence-electron chi connectivity index (χ4n) is 4.44. The molecule has 3 aliphatic rings. The average Bonchev–Trinajstić information content (AvgIpc) is 3.04. The van der Waals surface area contributed by atoms with Crippen molar-refractivity contribution in [2.45, 2.75) is 63.1 Å². The Morgan fingerprint density at radius 3 is 2.84 bits per heavy atom. The van der Waals surface area contributed by atoms with Crippen molar-refractivity contribution in [2.24, 2.45) is 5.92 Å². The molecule has 0 amide bonds. The maximum atomic E-state index is 11.9. The highest BCUT2D eigenvalue weighted by atomic mass is 16.3. The van der Waals surface area contributed by atoms with Gasteiger partial charge in [-0.2, -0.15) is 0 Å². The average molecular weight is 263 g/mol. The molecule has 1 aliphatic carbocycles. The van der Waals surface area contributed by atoms with Gasteiger partial charge in [-0.15, -0.1) is 0 Å². The number of nitrogens with zero attached hydrogens (tertiary/aromatic N) is 1. The summed E-state index contributed by atoms with van der Waals surface area (Å²) in [6.07, 6.45) is 8.94. The third-order valence-electron chi connectivity index (χ3n) is 5.28. The van der Waals surface area contributed by atoms with Gasteiger partial charge in [0.1, 0.15) is 5.69 Å². The van der Waals surface area contributed by atoms with Crippen LogP contribution in [-0.2, 0) is 0 Å². The molecule has 5 nitrogen and oxygen atoms in total. The highest BCUT2D eigenvalue weighted by Gasteiger charge is 2.47. The molecular weight excluding hydrogens is 242 g/mol. The van der Waals surface area contributed by atoms with Crippen LogP contribution >= 0.6 is 0 Å². The molecular formula is C14H21N3O2. The predicted octanol–water partition coefficient (Wildman–Crippen LogP) is 1.81. The first kappa shape index (κ1) is 11.6. The monoisotopic (exact) mass is 263 g/mol. The lowest BCUT2D eigenvalue weighted by Crippen LogP contribution is -2.39. The zero-order chi connectivity index (χ0) is 13.0. The molecule has 0 radical (unpaired) electrons. The van der Waals surface area contributed by atoms with E-state index < -0.39 is 0 Å². The van der Waals surface area contributed by atoms with Crippen LogP contribution in [0, 0.1) is 5.92 Å². The topological polar surface area (TPSA) is 70.0 Å². The molecule has 3 unspecified atom stereocenters. The standard InChI is InChI=1S/C14H21N3O2/c18-13-12-10-7-11(17(12)14(19)16-13)9(15-10)6-8-4-2-1-3-5-8/h8-11,15,18H,1-7H2,(H,16,19). The number of aromatic hydroxyl groups is 1. The SMILES string of the molecule is O=c1[nH]c(O)c2n1C1CC2NC1CC1CCCCC1. The predicted molar refractivity (Wildman–Crippen MR) is 71.2 cm³/mol. The van der Waals surface area contributed by atoms with E-state index in [1.165, 1.54) is 38.5 Å². The summed E-state index contributed by atoms with van der Waals surface area (Å²) in [5.74, 6) is 0.874. The van der Waals surface area contributed by atoms with Crippen LogP contribution in [0.3, 0.4) is 0 Å². The van der Waals surface area contributed by atoms with Crippen LogP contribution in [0.1, 0.15) is 62.7 Å². The van der Waals surface area contributed by atoms with Gasteiger partial charge in [0.15, 0.2) is 0 Å². The van der Waals surface area contributed by atoms with E-state index in [-0.39, 0.29) is 23.7 Å². The second-order valence-electron chi connectivity index (χ2n) is 6.40. The Morgan fingerprint density at radius 1 is 1.26 bits per heavy atom. The lowest BCUT2D eigenvalue weighted by atomic mass is 9.84. The summed E-state index contributed by atoms with van der Waals surface area (Å²) in [7, 11) is 0. The molecule has 0 aromatic carbocycles. The molecule has 5 heteroatoms. The maximum absolute atomic E-state index is 11.9. The highest BCUT2D eigenvalue weighted by Crippen LogP contribution is 2.46. The maximum Gasteiger partial charge on any atom is 0.328 e. The summed E-state index contributed by atoms with van der Waals surface area (Å²) in [5.41, 5.74) is 0.630. The minimum Gasteiger partial charge on any atom is -0.493 e. The second kappa shape index (κ2) is 4.13. The van der Waals surface area contributed by atoms with E-state index in [4.69, 9.17) is 0 Å². The molecule has 104 valence electrons. The summed E-state index contributed by atoms with van der Waals surface area (Å²) in [6, 6.07) is 0.817. The van der Waals surface area contributed by atoms with Crippen molar-refractivity contribution in [3.8, 4) is 5.88 Å². The van der Waals surface area contributed by atoms with E-state index >= 15 is 0 Å². The van der Waals surface area contributed by atoms with Crippen molar-refractivity contribution in [3.05, 3.63) is 16.2 Å². The number of fused-ring (bicyclic) bond motifs is 5. The van der Waals surface area contributed by atoms with Gasteiger partial charge in [0.25, 0.3) is 0 Å². The van der Waals surface area contributed by atoms with Crippen molar-refractivity contribution in [2.75, 3.05) is 0 Å². The van der Waals surface area contributed by atoms with Crippen molar-refractivity contribution >= 4 is 0 Å².